The van der Waals surface area contributed by atoms with Crippen molar-refractivity contribution in [2.75, 3.05) is 13.7 Å². The molecule has 3 N–H and O–H groups in total. The highest BCUT2D eigenvalue weighted by atomic mass is 35.5. The van der Waals surface area contributed by atoms with E-state index in [1.54, 1.807) is 0 Å². The number of rotatable bonds is 6. The van der Waals surface area contributed by atoms with E-state index in [4.69, 9.17) is 22.1 Å². The first-order valence-corrected chi connectivity index (χ1v) is 5.37. The van der Waals surface area contributed by atoms with E-state index in [1.807, 2.05) is 0 Å². The van der Waals surface area contributed by atoms with Gasteiger partial charge < -0.3 is 15.8 Å². The SMILES string of the molecule is CNC(COc1c(Cl)cccc1[N+](=O)[O-])C(N)=O. The van der Waals surface area contributed by atoms with Crippen molar-refractivity contribution in [3.63, 3.8) is 0 Å². The summed E-state index contributed by atoms with van der Waals surface area (Å²) in [6.07, 6.45) is 0. The van der Waals surface area contributed by atoms with E-state index in [-0.39, 0.29) is 23.1 Å². The molecule has 0 aliphatic heterocycles. The Kier molecular flexibility index (Phi) is 4.87. The van der Waals surface area contributed by atoms with E-state index >= 15 is 0 Å². The summed E-state index contributed by atoms with van der Waals surface area (Å²) in [5.41, 5.74) is 4.84. The number of hydrogen-bond donors (Lipinski definition) is 2. The number of primary amides is 1. The van der Waals surface area contributed by atoms with E-state index in [0.29, 0.717) is 0 Å². The summed E-state index contributed by atoms with van der Waals surface area (Å²) in [5, 5.41) is 13.5. The fourth-order valence-electron chi connectivity index (χ4n) is 1.26. The maximum absolute atomic E-state index is 11.0. The Labute approximate surface area is 108 Å². The molecule has 1 rings (SSSR count). The first-order chi connectivity index (χ1) is 8.47. The van der Waals surface area contributed by atoms with Gasteiger partial charge in [0.25, 0.3) is 0 Å². The number of likely N-dealkylation sites (N-methyl/N-ethyl adjacent to an activating group) is 1. The molecule has 0 aliphatic rings. The first-order valence-electron chi connectivity index (χ1n) is 4.99. The van der Waals surface area contributed by atoms with Crippen molar-refractivity contribution in [3.05, 3.63) is 33.3 Å². The summed E-state index contributed by atoms with van der Waals surface area (Å²) in [5.74, 6) is -0.696. The minimum Gasteiger partial charge on any atom is -0.484 e. The molecule has 0 saturated heterocycles. The van der Waals surface area contributed by atoms with Crippen molar-refractivity contribution in [2.24, 2.45) is 5.73 Å². The number of nitrogens with two attached hydrogens (primary N) is 1. The number of nitro groups is 1. The van der Waals surface area contributed by atoms with Crippen LogP contribution in [0.3, 0.4) is 0 Å². The van der Waals surface area contributed by atoms with Crippen LogP contribution >= 0.6 is 11.6 Å². The number of nitrogens with one attached hydrogen (secondary N) is 1. The minimum atomic E-state index is -0.749. The fraction of sp³-hybridized carbons (Fsp3) is 0.300. The van der Waals surface area contributed by atoms with Crippen LogP contribution in [0, 0.1) is 10.1 Å². The normalized spacial score (nSPS) is 11.9. The molecular formula is C10H12ClN3O4. The van der Waals surface area contributed by atoms with Gasteiger partial charge in [-0.1, -0.05) is 17.7 Å². The number of nitro benzene ring substituents is 1. The zero-order chi connectivity index (χ0) is 13.7. The molecule has 0 saturated carbocycles. The number of hydrogen-bond acceptors (Lipinski definition) is 5. The van der Waals surface area contributed by atoms with Crippen molar-refractivity contribution in [2.45, 2.75) is 6.04 Å². The fourth-order valence-corrected chi connectivity index (χ4v) is 1.48. The zero-order valence-electron chi connectivity index (χ0n) is 9.55. The molecule has 7 nitrogen and oxygen atoms in total. The van der Waals surface area contributed by atoms with Crippen LogP contribution in [0.15, 0.2) is 18.2 Å². The van der Waals surface area contributed by atoms with Gasteiger partial charge in [-0.2, -0.15) is 0 Å². The number of carbonyl (C=O) groups excluding carboxylic acids is 1. The number of ether oxygens (including phenoxy) is 1. The van der Waals surface area contributed by atoms with Crippen molar-refractivity contribution >= 4 is 23.2 Å². The van der Waals surface area contributed by atoms with Crippen molar-refractivity contribution < 1.29 is 14.5 Å². The van der Waals surface area contributed by atoms with Gasteiger partial charge in [0.1, 0.15) is 12.6 Å². The van der Waals surface area contributed by atoms with Crippen molar-refractivity contribution in [3.8, 4) is 5.75 Å². The predicted molar refractivity (Wildman–Crippen MR) is 65.6 cm³/mol. The highest BCUT2D eigenvalue weighted by Crippen LogP contribution is 2.34. The van der Waals surface area contributed by atoms with Gasteiger partial charge in [0.05, 0.1) is 9.95 Å². The maximum atomic E-state index is 11.0. The van der Waals surface area contributed by atoms with Crippen LogP contribution in [-0.4, -0.2) is 30.5 Å². The highest BCUT2D eigenvalue weighted by Gasteiger charge is 2.21. The molecule has 0 aliphatic carbocycles. The second kappa shape index (κ2) is 6.18. The third-order valence-corrected chi connectivity index (χ3v) is 2.53. The van der Waals surface area contributed by atoms with Gasteiger partial charge >= 0.3 is 5.69 Å². The average molecular weight is 274 g/mol. The standard InChI is InChI=1S/C10H12ClN3O4/c1-13-7(10(12)15)5-18-9-6(11)3-2-4-8(9)14(16)17/h2-4,7,13H,5H2,1H3,(H2,12,15). The van der Waals surface area contributed by atoms with Crippen LogP contribution in [0.1, 0.15) is 0 Å². The Balaban J connectivity index is 2.90. The number of nitrogens with zero attached hydrogens (tertiary/aromatic N) is 1. The number of para-hydroxylation sites is 1. The van der Waals surface area contributed by atoms with Crippen LogP contribution in [0.4, 0.5) is 5.69 Å². The average Bonchev–Trinajstić information content (AvgIpc) is 2.30. The Morgan fingerprint density at radius 3 is 2.83 bits per heavy atom. The van der Waals surface area contributed by atoms with E-state index in [9.17, 15) is 14.9 Å². The molecule has 0 aromatic heterocycles. The third kappa shape index (κ3) is 3.31. The Bertz CT molecular complexity index is 466. The molecule has 1 aromatic rings. The van der Waals surface area contributed by atoms with Gasteiger partial charge in [0.15, 0.2) is 0 Å². The molecule has 98 valence electrons. The van der Waals surface area contributed by atoms with E-state index in [1.165, 1.54) is 25.2 Å². The first kappa shape index (κ1) is 14.2. The summed E-state index contributed by atoms with van der Waals surface area (Å²) in [6.45, 7) is -0.142. The second-order valence-electron chi connectivity index (χ2n) is 3.40. The van der Waals surface area contributed by atoms with Gasteiger partial charge in [-0.05, 0) is 13.1 Å². The largest absolute Gasteiger partial charge is 0.484 e. The molecule has 1 atom stereocenters. The van der Waals surface area contributed by atoms with E-state index < -0.39 is 16.9 Å². The molecule has 1 amide bonds. The summed E-state index contributed by atoms with van der Waals surface area (Å²) in [7, 11) is 1.53. The Hall–Kier alpha value is -1.86. The molecule has 1 aromatic carbocycles. The van der Waals surface area contributed by atoms with Crippen LogP contribution in [0.25, 0.3) is 0 Å². The summed E-state index contributed by atoms with van der Waals surface area (Å²) < 4.78 is 5.21. The summed E-state index contributed by atoms with van der Waals surface area (Å²) >= 11 is 5.81. The Morgan fingerprint density at radius 2 is 2.33 bits per heavy atom. The topological polar surface area (TPSA) is 107 Å². The van der Waals surface area contributed by atoms with Gasteiger partial charge in [-0.15, -0.1) is 0 Å². The third-order valence-electron chi connectivity index (χ3n) is 2.23. The maximum Gasteiger partial charge on any atom is 0.312 e. The molecule has 8 heteroatoms. The smallest absolute Gasteiger partial charge is 0.312 e. The highest BCUT2D eigenvalue weighted by molar-refractivity contribution is 6.32. The molecule has 0 radical (unpaired) electrons. The summed E-state index contributed by atoms with van der Waals surface area (Å²) in [4.78, 5) is 21.1. The molecule has 0 fully saturated rings. The van der Waals surface area contributed by atoms with Gasteiger partial charge in [0.2, 0.25) is 11.7 Å². The number of amides is 1. The quantitative estimate of drug-likeness (QED) is 0.586. The van der Waals surface area contributed by atoms with Crippen LogP contribution in [-0.2, 0) is 4.79 Å². The molecule has 0 heterocycles. The van der Waals surface area contributed by atoms with Gasteiger partial charge in [0, 0.05) is 6.07 Å². The number of halogens is 1. The lowest BCUT2D eigenvalue weighted by Crippen LogP contribution is -2.43. The molecule has 18 heavy (non-hydrogen) atoms. The summed E-state index contributed by atoms with van der Waals surface area (Å²) in [6, 6.07) is 3.42. The lowest BCUT2D eigenvalue weighted by molar-refractivity contribution is -0.385. The Morgan fingerprint density at radius 1 is 1.67 bits per heavy atom. The van der Waals surface area contributed by atoms with Crippen molar-refractivity contribution in [1.29, 1.82) is 0 Å². The predicted octanol–water partition coefficient (Wildman–Crippen LogP) is 0.700. The number of benzene rings is 1. The minimum absolute atomic E-state index is 0.0781. The zero-order valence-corrected chi connectivity index (χ0v) is 10.3. The van der Waals surface area contributed by atoms with Crippen LogP contribution < -0.4 is 15.8 Å². The molecule has 0 spiro atoms. The van der Waals surface area contributed by atoms with Gasteiger partial charge in [-0.3, -0.25) is 14.9 Å². The van der Waals surface area contributed by atoms with Crippen LogP contribution in [0.2, 0.25) is 5.02 Å². The lowest BCUT2D eigenvalue weighted by atomic mass is 10.3. The lowest BCUT2D eigenvalue weighted by Gasteiger charge is -2.14. The molecule has 1 unspecified atom stereocenters. The van der Waals surface area contributed by atoms with Crippen molar-refractivity contribution in [1.82, 2.24) is 5.32 Å². The molecule has 0 bridgehead atoms. The van der Waals surface area contributed by atoms with E-state index in [0.717, 1.165) is 0 Å². The van der Waals surface area contributed by atoms with E-state index in [2.05, 4.69) is 5.32 Å². The number of carbonyl (C=O) groups is 1. The van der Waals surface area contributed by atoms with Gasteiger partial charge in [-0.25, -0.2) is 0 Å². The second-order valence-corrected chi connectivity index (χ2v) is 3.81. The van der Waals surface area contributed by atoms with Crippen LogP contribution in [0.5, 0.6) is 5.75 Å². The monoisotopic (exact) mass is 273 g/mol. The molecular weight excluding hydrogens is 262 g/mol.